The third kappa shape index (κ3) is 3.72. The highest BCUT2D eigenvalue weighted by atomic mass is 16.5. The molecule has 2 rings (SSSR count). The molecule has 1 heterocycles. The van der Waals surface area contributed by atoms with Crippen LogP contribution in [0, 0.1) is 0 Å². The van der Waals surface area contributed by atoms with E-state index in [1.807, 2.05) is 0 Å². The molecule has 0 bridgehead atoms. The number of morpholine rings is 1. The van der Waals surface area contributed by atoms with Crippen LogP contribution in [0.4, 0.5) is 0 Å². The van der Waals surface area contributed by atoms with E-state index in [0.29, 0.717) is 0 Å². The molecule has 1 fully saturated rings. The number of hydrogen-bond donors (Lipinski definition) is 1. The highest BCUT2D eigenvalue weighted by Crippen LogP contribution is 2.19. The van der Waals surface area contributed by atoms with Crippen molar-refractivity contribution in [3.63, 3.8) is 0 Å². The fourth-order valence-corrected chi connectivity index (χ4v) is 2.48. The quantitative estimate of drug-likeness (QED) is 0.814. The van der Waals surface area contributed by atoms with Crippen LogP contribution in [0.25, 0.3) is 0 Å². The molecule has 100 valence electrons. The molecule has 2 aliphatic rings. The smallest absolute Gasteiger partial charge is 0.0753 e. The largest absolute Gasteiger partial charge is 0.399 e. The minimum Gasteiger partial charge on any atom is -0.399 e. The molecule has 0 saturated carbocycles. The van der Waals surface area contributed by atoms with Gasteiger partial charge in [0.15, 0.2) is 0 Å². The van der Waals surface area contributed by atoms with Gasteiger partial charge >= 0.3 is 0 Å². The maximum atomic E-state index is 6.13. The summed E-state index contributed by atoms with van der Waals surface area (Å²) in [7, 11) is 0. The van der Waals surface area contributed by atoms with Crippen LogP contribution in [0.15, 0.2) is 35.6 Å². The van der Waals surface area contributed by atoms with Crippen molar-refractivity contribution in [2.75, 3.05) is 26.2 Å². The molecule has 2 N–H and O–H groups in total. The Kier molecular flexibility index (Phi) is 4.25. The van der Waals surface area contributed by atoms with Gasteiger partial charge in [-0.1, -0.05) is 24.3 Å². The Bertz CT molecular complexity index is 380. The average Bonchev–Trinajstić information content (AvgIpc) is 2.28. The zero-order valence-electron chi connectivity index (χ0n) is 11.5. The maximum absolute atomic E-state index is 6.13. The average molecular weight is 248 g/mol. The topological polar surface area (TPSA) is 38.5 Å². The molecule has 18 heavy (non-hydrogen) atoms. The maximum Gasteiger partial charge on any atom is 0.0753 e. The Morgan fingerprint density at radius 2 is 2.22 bits per heavy atom. The molecule has 0 aromatic heterocycles. The fraction of sp³-hybridized carbons (Fsp3) is 0.600. The standard InChI is InChI=1S/C15H24N2O/c1-15(2)12-17(9-10-18-15)11-13-7-5-3-4-6-8-14(13)16/h3,5,7-8H,4,6,9-12,16H2,1-2H3/b5-3-,13-7-,14-8+. The lowest BCUT2D eigenvalue weighted by Crippen LogP contribution is -2.48. The summed E-state index contributed by atoms with van der Waals surface area (Å²) in [6, 6.07) is 0. The molecular weight excluding hydrogens is 224 g/mol. The lowest BCUT2D eigenvalue weighted by Gasteiger charge is -2.38. The van der Waals surface area contributed by atoms with Crippen molar-refractivity contribution in [2.24, 2.45) is 5.73 Å². The first-order valence-corrected chi connectivity index (χ1v) is 6.75. The molecule has 0 aromatic rings. The van der Waals surface area contributed by atoms with Crippen LogP contribution >= 0.6 is 0 Å². The molecule has 1 saturated heterocycles. The Morgan fingerprint density at radius 1 is 1.39 bits per heavy atom. The Morgan fingerprint density at radius 3 is 3.00 bits per heavy atom. The Balaban J connectivity index is 2.03. The summed E-state index contributed by atoms with van der Waals surface area (Å²) < 4.78 is 5.74. The van der Waals surface area contributed by atoms with Gasteiger partial charge in [-0.3, -0.25) is 4.90 Å². The van der Waals surface area contributed by atoms with Gasteiger partial charge in [0.25, 0.3) is 0 Å². The van der Waals surface area contributed by atoms with Crippen molar-refractivity contribution >= 4 is 0 Å². The summed E-state index contributed by atoms with van der Waals surface area (Å²) in [5.74, 6) is 0. The third-order valence-corrected chi connectivity index (χ3v) is 3.40. The summed E-state index contributed by atoms with van der Waals surface area (Å²) in [5, 5.41) is 0. The summed E-state index contributed by atoms with van der Waals surface area (Å²) in [6.45, 7) is 7.95. The van der Waals surface area contributed by atoms with E-state index in [2.05, 4.69) is 43.1 Å². The molecule has 0 spiro atoms. The minimum atomic E-state index is -0.0469. The van der Waals surface area contributed by atoms with Gasteiger partial charge in [0.05, 0.1) is 12.2 Å². The van der Waals surface area contributed by atoms with Crippen LogP contribution in [0.2, 0.25) is 0 Å². The van der Waals surface area contributed by atoms with E-state index < -0.39 is 0 Å². The van der Waals surface area contributed by atoms with Crippen molar-refractivity contribution in [2.45, 2.75) is 32.3 Å². The van der Waals surface area contributed by atoms with Crippen LogP contribution in [-0.2, 0) is 4.74 Å². The molecule has 0 radical (unpaired) electrons. The van der Waals surface area contributed by atoms with Crippen molar-refractivity contribution in [1.82, 2.24) is 4.90 Å². The molecule has 0 amide bonds. The molecule has 0 aromatic carbocycles. The molecule has 3 heteroatoms. The monoisotopic (exact) mass is 248 g/mol. The minimum absolute atomic E-state index is 0.0469. The number of nitrogens with two attached hydrogens (primary N) is 1. The van der Waals surface area contributed by atoms with E-state index in [4.69, 9.17) is 10.5 Å². The SMILES string of the molecule is CC1(C)CN(CC2=C/C=C\CC/C=C\2N)CCO1. The lowest BCUT2D eigenvalue weighted by molar-refractivity contribution is -0.0834. The third-order valence-electron chi connectivity index (χ3n) is 3.40. The molecule has 1 aliphatic heterocycles. The van der Waals surface area contributed by atoms with Gasteiger partial charge in [0, 0.05) is 25.3 Å². The first-order valence-electron chi connectivity index (χ1n) is 6.75. The zero-order valence-corrected chi connectivity index (χ0v) is 11.5. The predicted molar refractivity (Wildman–Crippen MR) is 75.2 cm³/mol. The molecule has 1 aliphatic carbocycles. The first kappa shape index (κ1) is 13.4. The second kappa shape index (κ2) is 5.72. The molecule has 0 atom stereocenters. The van der Waals surface area contributed by atoms with E-state index in [1.165, 1.54) is 5.57 Å². The lowest BCUT2D eigenvalue weighted by atomic mass is 10.0. The van der Waals surface area contributed by atoms with Gasteiger partial charge in [0.1, 0.15) is 0 Å². The van der Waals surface area contributed by atoms with E-state index >= 15 is 0 Å². The Labute approximate surface area is 110 Å². The van der Waals surface area contributed by atoms with Crippen LogP contribution in [0.3, 0.4) is 0 Å². The van der Waals surface area contributed by atoms with Gasteiger partial charge < -0.3 is 10.5 Å². The summed E-state index contributed by atoms with van der Waals surface area (Å²) in [6.07, 6.45) is 10.7. The van der Waals surface area contributed by atoms with Crippen LogP contribution in [-0.4, -0.2) is 36.7 Å². The van der Waals surface area contributed by atoms with Gasteiger partial charge in [-0.15, -0.1) is 0 Å². The van der Waals surface area contributed by atoms with E-state index in [1.54, 1.807) is 0 Å². The summed E-state index contributed by atoms with van der Waals surface area (Å²) in [4.78, 5) is 2.42. The highest BCUT2D eigenvalue weighted by Gasteiger charge is 2.27. The van der Waals surface area contributed by atoms with Crippen molar-refractivity contribution < 1.29 is 4.74 Å². The van der Waals surface area contributed by atoms with Gasteiger partial charge in [-0.25, -0.2) is 0 Å². The van der Waals surface area contributed by atoms with Crippen LogP contribution < -0.4 is 5.73 Å². The van der Waals surface area contributed by atoms with E-state index in [-0.39, 0.29) is 5.60 Å². The van der Waals surface area contributed by atoms with Crippen LogP contribution in [0.5, 0.6) is 0 Å². The summed E-state index contributed by atoms with van der Waals surface area (Å²) >= 11 is 0. The first-order chi connectivity index (χ1) is 8.57. The van der Waals surface area contributed by atoms with Crippen LogP contribution in [0.1, 0.15) is 26.7 Å². The number of hydrogen-bond acceptors (Lipinski definition) is 3. The van der Waals surface area contributed by atoms with E-state index in [9.17, 15) is 0 Å². The van der Waals surface area contributed by atoms with Gasteiger partial charge in [-0.05, 0) is 32.3 Å². The van der Waals surface area contributed by atoms with Gasteiger partial charge in [0.2, 0.25) is 0 Å². The Hall–Kier alpha value is -1.06. The summed E-state index contributed by atoms with van der Waals surface area (Å²) in [5.41, 5.74) is 8.25. The number of rotatable bonds is 2. The number of nitrogens with zero attached hydrogens (tertiary/aromatic N) is 1. The van der Waals surface area contributed by atoms with Gasteiger partial charge in [-0.2, -0.15) is 0 Å². The number of allylic oxidation sites excluding steroid dienone is 4. The second-order valence-corrected chi connectivity index (χ2v) is 5.68. The zero-order chi connectivity index (χ0) is 13.0. The van der Waals surface area contributed by atoms with Crippen molar-refractivity contribution in [1.29, 1.82) is 0 Å². The van der Waals surface area contributed by atoms with Crippen molar-refractivity contribution in [3.05, 3.63) is 35.6 Å². The molecule has 3 nitrogen and oxygen atoms in total. The second-order valence-electron chi connectivity index (χ2n) is 5.68. The number of ether oxygens (including phenoxy) is 1. The molecular formula is C15H24N2O. The predicted octanol–water partition coefficient (Wildman–Crippen LogP) is 2.22. The van der Waals surface area contributed by atoms with E-state index in [0.717, 1.165) is 44.8 Å². The normalized spacial score (nSPS) is 32.6. The fourth-order valence-electron chi connectivity index (χ4n) is 2.48. The molecule has 0 unspecified atom stereocenters. The highest BCUT2D eigenvalue weighted by molar-refractivity contribution is 5.34. The van der Waals surface area contributed by atoms with Crippen molar-refractivity contribution in [3.8, 4) is 0 Å².